The molecular formula is C26H21BrClN3O2. The largest absolute Gasteiger partial charge is 0.490 e. The maximum atomic E-state index is 9.76. The average Bonchev–Trinajstić information content (AvgIpc) is 3.22. The Morgan fingerprint density at radius 3 is 2.73 bits per heavy atom. The smallest absolute Gasteiger partial charge is 0.175 e. The molecule has 0 atom stereocenters. The molecular weight excluding hydrogens is 502 g/mol. The van der Waals surface area contributed by atoms with E-state index in [-0.39, 0.29) is 0 Å². The van der Waals surface area contributed by atoms with Crippen LogP contribution in [0.2, 0.25) is 5.02 Å². The van der Waals surface area contributed by atoms with Gasteiger partial charge in [0.25, 0.3) is 0 Å². The lowest BCUT2D eigenvalue weighted by molar-refractivity contribution is 0.267. The molecule has 0 fully saturated rings. The van der Waals surface area contributed by atoms with Crippen LogP contribution in [0.25, 0.3) is 17.1 Å². The first-order valence-corrected chi connectivity index (χ1v) is 11.6. The summed E-state index contributed by atoms with van der Waals surface area (Å²) >= 11 is 9.86. The highest BCUT2D eigenvalue weighted by molar-refractivity contribution is 9.10. The number of allylic oxidation sites excluding steroid dienone is 1. The van der Waals surface area contributed by atoms with Crippen LogP contribution < -0.4 is 9.47 Å². The number of hydrogen-bond donors (Lipinski definition) is 0. The van der Waals surface area contributed by atoms with E-state index in [1.807, 2.05) is 78.2 Å². The van der Waals surface area contributed by atoms with E-state index in [1.54, 1.807) is 6.33 Å². The molecule has 33 heavy (non-hydrogen) atoms. The summed E-state index contributed by atoms with van der Waals surface area (Å²) in [5.74, 6) is 1.18. The Kier molecular flexibility index (Phi) is 7.33. The highest BCUT2D eigenvalue weighted by Gasteiger charge is 2.14. The number of benzene rings is 3. The summed E-state index contributed by atoms with van der Waals surface area (Å²) in [6, 6.07) is 21.5. The predicted molar refractivity (Wildman–Crippen MR) is 134 cm³/mol. The molecule has 1 heterocycles. The van der Waals surface area contributed by atoms with Gasteiger partial charge in [-0.3, -0.25) is 0 Å². The lowest BCUT2D eigenvalue weighted by Crippen LogP contribution is -2.02. The van der Waals surface area contributed by atoms with Crippen molar-refractivity contribution in [3.05, 3.63) is 93.2 Å². The molecule has 0 saturated carbocycles. The van der Waals surface area contributed by atoms with Crippen LogP contribution in [0.4, 0.5) is 0 Å². The van der Waals surface area contributed by atoms with Crippen molar-refractivity contribution in [2.45, 2.75) is 20.1 Å². The van der Waals surface area contributed by atoms with Gasteiger partial charge in [-0.05, 0) is 64.8 Å². The van der Waals surface area contributed by atoms with Gasteiger partial charge in [0.15, 0.2) is 11.5 Å². The molecule has 166 valence electrons. The molecule has 0 N–H and O–H groups in total. The molecule has 0 radical (unpaired) electrons. The van der Waals surface area contributed by atoms with E-state index >= 15 is 0 Å². The average molecular weight is 523 g/mol. The van der Waals surface area contributed by atoms with E-state index in [4.69, 9.17) is 21.1 Å². The summed E-state index contributed by atoms with van der Waals surface area (Å²) in [4.78, 5) is 4.40. The SMILES string of the molecule is CCOc1cc(/C=C(/C#N)Cn2cnc3ccccc32)cc(Br)c1OCc1ccccc1Cl. The molecule has 1 aromatic heterocycles. The maximum absolute atomic E-state index is 9.76. The number of nitrogens with zero attached hydrogens (tertiary/aromatic N) is 3. The van der Waals surface area contributed by atoms with Crippen LogP contribution in [-0.2, 0) is 13.2 Å². The Morgan fingerprint density at radius 1 is 1.15 bits per heavy atom. The third kappa shape index (κ3) is 5.39. The number of halogens is 2. The van der Waals surface area contributed by atoms with Gasteiger partial charge in [-0.2, -0.15) is 5.26 Å². The number of nitriles is 1. The van der Waals surface area contributed by atoms with Crippen molar-refractivity contribution >= 4 is 44.6 Å². The van der Waals surface area contributed by atoms with Gasteiger partial charge in [-0.1, -0.05) is 41.9 Å². The van der Waals surface area contributed by atoms with Crippen molar-refractivity contribution in [2.24, 2.45) is 0 Å². The highest BCUT2D eigenvalue weighted by Crippen LogP contribution is 2.38. The fourth-order valence-electron chi connectivity index (χ4n) is 3.47. The van der Waals surface area contributed by atoms with Crippen LogP contribution in [0.5, 0.6) is 11.5 Å². The zero-order valence-electron chi connectivity index (χ0n) is 18.0. The van der Waals surface area contributed by atoms with Gasteiger partial charge in [-0.15, -0.1) is 0 Å². The van der Waals surface area contributed by atoms with Crippen molar-refractivity contribution in [1.82, 2.24) is 9.55 Å². The number of hydrogen-bond acceptors (Lipinski definition) is 4. The van der Waals surface area contributed by atoms with Crippen LogP contribution in [0.15, 0.2) is 77.0 Å². The lowest BCUT2D eigenvalue weighted by atomic mass is 10.1. The Hall–Kier alpha value is -3.27. The first-order valence-electron chi connectivity index (χ1n) is 10.4. The number of para-hydroxylation sites is 2. The van der Waals surface area contributed by atoms with E-state index < -0.39 is 0 Å². The minimum atomic E-state index is 0.310. The molecule has 0 aliphatic heterocycles. The van der Waals surface area contributed by atoms with Crippen molar-refractivity contribution < 1.29 is 9.47 Å². The molecule has 0 amide bonds. The fourth-order valence-corrected chi connectivity index (χ4v) is 4.24. The number of ether oxygens (including phenoxy) is 2. The standard InChI is InChI=1S/C26H21BrClN3O2/c1-2-32-25-13-18(12-21(27)26(25)33-16-20-7-3-4-8-22(20)28)11-19(14-29)15-31-17-30-23-9-5-6-10-24(23)31/h3-13,17H,2,15-16H2,1H3/b19-11-. The fraction of sp³-hybridized carbons (Fsp3) is 0.154. The van der Waals surface area contributed by atoms with Gasteiger partial charge < -0.3 is 14.0 Å². The van der Waals surface area contributed by atoms with E-state index in [9.17, 15) is 5.26 Å². The molecule has 3 aromatic carbocycles. The van der Waals surface area contributed by atoms with Gasteiger partial charge in [0.2, 0.25) is 0 Å². The Morgan fingerprint density at radius 2 is 1.94 bits per heavy atom. The van der Waals surface area contributed by atoms with Gasteiger partial charge in [-0.25, -0.2) is 4.98 Å². The summed E-state index contributed by atoms with van der Waals surface area (Å²) in [6.45, 7) is 3.13. The molecule has 5 nitrogen and oxygen atoms in total. The van der Waals surface area contributed by atoms with Crippen molar-refractivity contribution in [2.75, 3.05) is 6.61 Å². The van der Waals surface area contributed by atoms with Crippen LogP contribution in [0, 0.1) is 11.3 Å². The first-order chi connectivity index (χ1) is 16.1. The minimum absolute atomic E-state index is 0.310. The number of imidazole rings is 1. The van der Waals surface area contributed by atoms with E-state index in [0.717, 1.165) is 26.6 Å². The van der Waals surface area contributed by atoms with Crippen molar-refractivity contribution in [3.63, 3.8) is 0 Å². The van der Waals surface area contributed by atoms with Gasteiger partial charge in [0.05, 0.1) is 41.1 Å². The predicted octanol–water partition coefficient (Wildman–Crippen LogP) is 7.04. The molecule has 0 saturated heterocycles. The second-order valence-electron chi connectivity index (χ2n) is 7.29. The monoisotopic (exact) mass is 521 g/mol. The molecule has 0 aliphatic carbocycles. The summed E-state index contributed by atoms with van der Waals surface area (Å²) in [7, 11) is 0. The summed E-state index contributed by atoms with van der Waals surface area (Å²) in [5, 5.41) is 10.4. The number of fused-ring (bicyclic) bond motifs is 1. The van der Waals surface area contributed by atoms with Crippen LogP contribution in [0.3, 0.4) is 0 Å². The van der Waals surface area contributed by atoms with Gasteiger partial charge >= 0.3 is 0 Å². The first kappa shape index (κ1) is 22.9. The summed E-state index contributed by atoms with van der Waals surface area (Å²) in [6.07, 6.45) is 3.60. The molecule has 4 rings (SSSR count). The second kappa shape index (κ2) is 10.6. The van der Waals surface area contributed by atoms with Crippen LogP contribution in [0.1, 0.15) is 18.1 Å². The Bertz CT molecular complexity index is 1360. The van der Waals surface area contributed by atoms with Gasteiger partial charge in [0, 0.05) is 16.2 Å². The normalized spacial score (nSPS) is 11.4. The second-order valence-corrected chi connectivity index (χ2v) is 8.55. The van der Waals surface area contributed by atoms with Crippen molar-refractivity contribution in [1.29, 1.82) is 5.26 Å². The minimum Gasteiger partial charge on any atom is -0.490 e. The topological polar surface area (TPSA) is 60.1 Å². The number of aromatic nitrogens is 2. The summed E-state index contributed by atoms with van der Waals surface area (Å²) < 4.78 is 14.6. The molecule has 4 aromatic rings. The molecule has 0 aliphatic rings. The molecule has 0 bridgehead atoms. The highest BCUT2D eigenvalue weighted by atomic mass is 79.9. The Balaban J connectivity index is 1.61. The van der Waals surface area contributed by atoms with E-state index in [2.05, 4.69) is 27.0 Å². The van der Waals surface area contributed by atoms with Crippen LogP contribution in [-0.4, -0.2) is 16.2 Å². The lowest BCUT2D eigenvalue weighted by Gasteiger charge is -2.15. The van der Waals surface area contributed by atoms with Crippen LogP contribution >= 0.6 is 27.5 Å². The zero-order chi connectivity index (χ0) is 23.2. The zero-order valence-corrected chi connectivity index (χ0v) is 20.3. The van der Waals surface area contributed by atoms with E-state index in [1.165, 1.54) is 0 Å². The Labute approximate surface area is 206 Å². The number of rotatable bonds is 8. The summed E-state index contributed by atoms with van der Waals surface area (Å²) in [5.41, 5.74) is 4.19. The molecule has 7 heteroatoms. The van der Waals surface area contributed by atoms with Crippen molar-refractivity contribution in [3.8, 4) is 17.6 Å². The van der Waals surface area contributed by atoms with Gasteiger partial charge in [0.1, 0.15) is 6.61 Å². The molecule has 0 spiro atoms. The third-order valence-corrected chi connectivity index (χ3v) is 5.97. The third-order valence-electron chi connectivity index (χ3n) is 5.01. The maximum Gasteiger partial charge on any atom is 0.175 e. The quantitative estimate of drug-likeness (QED) is 0.233. The molecule has 0 unspecified atom stereocenters. The van der Waals surface area contributed by atoms with E-state index in [0.29, 0.717) is 41.9 Å².